The van der Waals surface area contributed by atoms with Crippen LogP contribution in [0.2, 0.25) is 0 Å². The fraction of sp³-hybridized carbons (Fsp3) is 0.500. The molecule has 1 aromatic heterocycles. The molecular weight excluding hydrogens is 167 g/mol. The summed E-state index contributed by atoms with van der Waals surface area (Å²) in [6.07, 6.45) is 2.02. The van der Waals surface area contributed by atoms with Gasteiger partial charge in [0.25, 0.3) is 0 Å². The molecule has 0 atom stereocenters. The molecule has 0 aliphatic rings. The van der Waals surface area contributed by atoms with Gasteiger partial charge < -0.3 is 5.73 Å². The van der Waals surface area contributed by atoms with Crippen molar-refractivity contribution in [3.8, 4) is 0 Å². The molecule has 0 saturated carbocycles. The summed E-state index contributed by atoms with van der Waals surface area (Å²) in [7, 11) is 0. The third kappa shape index (κ3) is 3.11. The molecule has 0 aliphatic carbocycles. The van der Waals surface area contributed by atoms with Gasteiger partial charge in [-0.05, 0) is 30.5 Å². The number of rotatable bonds is 3. The lowest BCUT2D eigenvalue weighted by Gasteiger charge is -2.21. The smallest absolute Gasteiger partial charge is 0.141 e. The molecule has 2 N–H and O–H groups in total. The largest absolute Gasteiger partial charge is 0.330 e. The lowest BCUT2D eigenvalue weighted by molar-refractivity contribution is 0.372. The topological polar surface area (TPSA) is 38.9 Å². The number of halogens is 1. The van der Waals surface area contributed by atoms with Crippen molar-refractivity contribution in [2.75, 3.05) is 6.54 Å². The van der Waals surface area contributed by atoms with Crippen LogP contribution in [0.4, 0.5) is 4.39 Å². The average Bonchev–Trinajstić information content (AvgIpc) is 2.09. The Kier molecular flexibility index (Phi) is 2.98. The molecule has 13 heavy (non-hydrogen) atoms. The summed E-state index contributed by atoms with van der Waals surface area (Å²) in [4.78, 5) is 3.98. The van der Waals surface area contributed by atoms with Gasteiger partial charge in [-0.3, -0.25) is 4.98 Å². The zero-order valence-corrected chi connectivity index (χ0v) is 8.05. The summed E-state index contributed by atoms with van der Waals surface area (Å²) in [5.41, 5.74) is 6.50. The fourth-order valence-electron chi connectivity index (χ4n) is 1.07. The Hall–Kier alpha value is -0.960. The van der Waals surface area contributed by atoms with Gasteiger partial charge in [0.05, 0.1) is 6.20 Å². The second-order valence-electron chi connectivity index (χ2n) is 4.01. The van der Waals surface area contributed by atoms with Crippen LogP contribution in [0.3, 0.4) is 0 Å². The first kappa shape index (κ1) is 10.1. The molecule has 0 bridgehead atoms. The summed E-state index contributed by atoms with van der Waals surface area (Å²) in [6.45, 7) is 4.74. The van der Waals surface area contributed by atoms with E-state index in [0.29, 0.717) is 6.54 Å². The van der Waals surface area contributed by atoms with Crippen LogP contribution >= 0.6 is 0 Å². The van der Waals surface area contributed by atoms with Gasteiger partial charge in [-0.15, -0.1) is 0 Å². The number of nitrogens with two attached hydrogens (primary N) is 1. The van der Waals surface area contributed by atoms with Crippen molar-refractivity contribution in [3.05, 3.63) is 29.8 Å². The van der Waals surface area contributed by atoms with Crippen molar-refractivity contribution in [3.63, 3.8) is 0 Å². The molecule has 0 amide bonds. The number of nitrogens with zero attached hydrogens (tertiary/aromatic N) is 1. The van der Waals surface area contributed by atoms with Crippen LogP contribution in [0.5, 0.6) is 0 Å². The van der Waals surface area contributed by atoms with E-state index in [0.717, 1.165) is 12.1 Å². The molecule has 1 rings (SSSR count). The van der Waals surface area contributed by atoms with E-state index < -0.39 is 0 Å². The van der Waals surface area contributed by atoms with E-state index in [-0.39, 0.29) is 11.2 Å². The number of aromatic nitrogens is 1. The molecule has 0 radical (unpaired) electrons. The number of pyridine rings is 1. The van der Waals surface area contributed by atoms with Crippen molar-refractivity contribution >= 4 is 0 Å². The van der Waals surface area contributed by atoms with E-state index in [9.17, 15) is 4.39 Å². The second-order valence-corrected chi connectivity index (χ2v) is 4.01. The number of hydrogen-bond donors (Lipinski definition) is 1. The van der Waals surface area contributed by atoms with E-state index in [1.165, 1.54) is 12.3 Å². The molecule has 72 valence electrons. The Bertz CT molecular complexity index is 267. The van der Waals surface area contributed by atoms with Crippen LogP contribution in [0, 0.1) is 11.2 Å². The molecule has 0 aliphatic heterocycles. The Labute approximate surface area is 78.0 Å². The van der Waals surface area contributed by atoms with Gasteiger partial charge in [-0.25, -0.2) is 4.39 Å². The molecule has 0 aromatic carbocycles. The molecule has 0 saturated heterocycles. The van der Waals surface area contributed by atoms with Crippen molar-refractivity contribution in [2.24, 2.45) is 11.1 Å². The van der Waals surface area contributed by atoms with E-state index in [1.54, 1.807) is 6.07 Å². The van der Waals surface area contributed by atoms with Crippen molar-refractivity contribution in [1.29, 1.82) is 0 Å². The van der Waals surface area contributed by atoms with E-state index in [1.807, 2.05) is 0 Å². The van der Waals surface area contributed by atoms with Gasteiger partial charge in [0.1, 0.15) is 5.82 Å². The first-order valence-corrected chi connectivity index (χ1v) is 4.34. The standard InChI is InChI=1S/C10H15FN2/c1-10(2,7-12)5-9-4-3-8(11)6-13-9/h3-4,6H,5,7,12H2,1-2H3. The summed E-state index contributed by atoms with van der Waals surface area (Å²) in [6, 6.07) is 3.13. The molecule has 0 unspecified atom stereocenters. The predicted molar refractivity (Wildman–Crippen MR) is 50.7 cm³/mol. The maximum absolute atomic E-state index is 12.5. The molecule has 1 aromatic rings. The summed E-state index contributed by atoms with van der Waals surface area (Å²) in [5, 5.41) is 0. The van der Waals surface area contributed by atoms with Gasteiger partial charge in [0.15, 0.2) is 0 Å². The highest BCUT2D eigenvalue weighted by molar-refractivity contribution is 5.07. The van der Waals surface area contributed by atoms with Crippen molar-refractivity contribution in [1.82, 2.24) is 4.98 Å². The summed E-state index contributed by atoms with van der Waals surface area (Å²) >= 11 is 0. The third-order valence-electron chi connectivity index (χ3n) is 2.00. The summed E-state index contributed by atoms with van der Waals surface area (Å²) in [5.74, 6) is -0.297. The maximum Gasteiger partial charge on any atom is 0.141 e. The zero-order chi connectivity index (χ0) is 9.90. The van der Waals surface area contributed by atoms with Gasteiger partial charge in [-0.2, -0.15) is 0 Å². The van der Waals surface area contributed by atoms with Gasteiger partial charge in [0, 0.05) is 5.69 Å². The first-order chi connectivity index (χ1) is 6.03. The molecule has 2 nitrogen and oxygen atoms in total. The Morgan fingerprint density at radius 2 is 2.15 bits per heavy atom. The van der Waals surface area contributed by atoms with E-state index in [4.69, 9.17) is 5.73 Å². The monoisotopic (exact) mass is 182 g/mol. The Morgan fingerprint density at radius 3 is 2.62 bits per heavy atom. The highest BCUT2D eigenvalue weighted by Crippen LogP contribution is 2.18. The lowest BCUT2D eigenvalue weighted by Crippen LogP contribution is -2.26. The molecule has 3 heteroatoms. The van der Waals surface area contributed by atoms with Crippen molar-refractivity contribution < 1.29 is 4.39 Å². The van der Waals surface area contributed by atoms with E-state index in [2.05, 4.69) is 18.8 Å². The molecule has 0 spiro atoms. The van der Waals surface area contributed by atoms with Crippen LogP contribution in [0.15, 0.2) is 18.3 Å². The van der Waals surface area contributed by atoms with Gasteiger partial charge in [0.2, 0.25) is 0 Å². The van der Waals surface area contributed by atoms with Crippen LogP contribution in [-0.2, 0) is 6.42 Å². The third-order valence-corrected chi connectivity index (χ3v) is 2.00. The first-order valence-electron chi connectivity index (χ1n) is 4.34. The fourth-order valence-corrected chi connectivity index (χ4v) is 1.07. The maximum atomic E-state index is 12.5. The lowest BCUT2D eigenvalue weighted by atomic mass is 9.88. The van der Waals surface area contributed by atoms with Crippen LogP contribution in [0.1, 0.15) is 19.5 Å². The number of hydrogen-bond acceptors (Lipinski definition) is 2. The van der Waals surface area contributed by atoms with Crippen LogP contribution in [0.25, 0.3) is 0 Å². The highest BCUT2D eigenvalue weighted by Gasteiger charge is 2.16. The predicted octanol–water partition coefficient (Wildman–Crippen LogP) is 1.75. The quantitative estimate of drug-likeness (QED) is 0.773. The normalized spacial score (nSPS) is 11.7. The summed E-state index contributed by atoms with van der Waals surface area (Å²) < 4.78 is 12.5. The van der Waals surface area contributed by atoms with Crippen molar-refractivity contribution in [2.45, 2.75) is 20.3 Å². The SMILES string of the molecule is CC(C)(CN)Cc1ccc(F)cn1. The second kappa shape index (κ2) is 3.83. The minimum Gasteiger partial charge on any atom is -0.330 e. The Balaban J connectivity index is 2.69. The molecular formula is C10H15FN2. The molecule has 1 heterocycles. The average molecular weight is 182 g/mol. The van der Waals surface area contributed by atoms with Gasteiger partial charge in [-0.1, -0.05) is 13.8 Å². The minimum atomic E-state index is -0.297. The minimum absolute atomic E-state index is 0.0326. The zero-order valence-electron chi connectivity index (χ0n) is 8.05. The van der Waals surface area contributed by atoms with Crippen LogP contribution in [-0.4, -0.2) is 11.5 Å². The molecule has 0 fully saturated rings. The van der Waals surface area contributed by atoms with Gasteiger partial charge >= 0.3 is 0 Å². The Morgan fingerprint density at radius 1 is 1.46 bits per heavy atom. The highest BCUT2D eigenvalue weighted by atomic mass is 19.1. The van der Waals surface area contributed by atoms with E-state index >= 15 is 0 Å². The van der Waals surface area contributed by atoms with Crippen LogP contribution < -0.4 is 5.73 Å².